The maximum absolute atomic E-state index is 11.5. The molecule has 26 heavy (non-hydrogen) atoms. The number of rotatable bonds is 6. The first-order valence-electron chi connectivity index (χ1n) is 9.10. The molecule has 1 amide bonds. The molecule has 144 valence electrons. The third-order valence-corrected chi connectivity index (χ3v) is 4.90. The molecule has 1 aliphatic heterocycles. The minimum absolute atomic E-state index is 0.0440. The number of hydrogen-bond donors (Lipinski definition) is 2. The maximum atomic E-state index is 11.5. The lowest BCUT2D eigenvalue weighted by atomic mass is 9.93. The molecule has 0 saturated carbocycles. The summed E-state index contributed by atoms with van der Waals surface area (Å²) < 4.78 is 5.89. The lowest BCUT2D eigenvalue weighted by Gasteiger charge is -2.34. The first-order chi connectivity index (χ1) is 12.5. The molecule has 0 bridgehead atoms. The van der Waals surface area contributed by atoms with Gasteiger partial charge in [-0.2, -0.15) is 0 Å². The summed E-state index contributed by atoms with van der Waals surface area (Å²) in [4.78, 5) is 18.1. The number of carbonyl (C=O) groups excluding carboxylic acids is 1. The van der Waals surface area contributed by atoms with Gasteiger partial charge in [0.15, 0.2) is 5.96 Å². The van der Waals surface area contributed by atoms with Crippen molar-refractivity contribution in [1.29, 1.82) is 0 Å². The van der Waals surface area contributed by atoms with Gasteiger partial charge in [-0.15, -0.1) is 0 Å². The second-order valence-corrected chi connectivity index (χ2v) is 7.00. The van der Waals surface area contributed by atoms with Crippen LogP contribution >= 0.6 is 11.6 Å². The number of piperidine rings is 1. The van der Waals surface area contributed by atoms with Crippen molar-refractivity contribution < 1.29 is 9.53 Å². The summed E-state index contributed by atoms with van der Waals surface area (Å²) in [7, 11) is 3.48. The molecule has 2 rings (SSSR count). The van der Waals surface area contributed by atoms with Gasteiger partial charge in [0.1, 0.15) is 11.9 Å². The number of carbonyl (C=O) groups is 1. The third kappa shape index (κ3) is 6.09. The third-order valence-electron chi connectivity index (χ3n) is 4.59. The number of halogens is 1. The molecular weight excluding hydrogens is 352 g/mol. The van der Waals surface area contributed by atoms with Crippen LogP contribution in [0.5, 0.6) is 5.75 Å². The smallest absolute Gasteiger partial charge is 0.220 e. The van der Waals surface area contributed by atoms with E-state index in [2.05, 4.69) is 20.5 Å². The van der Waals surface area contributed by atoms with Crippen molar-refractivity contribution in [3.8, 4) is 5.75 Å². The molecule has 1 atom stereocenters. The van der Waals surface area contributed by atoms with Crippen molar-refractivity contribution >= 4 is 23.5 Å². The minimum atomic E-state index is -0.0440. The Balaban J connectivity index is 1.77. The number of guanidine groups is 1. The number of ether oxygens (including phenoxy) is 1. The Hall–Kier alpha value is -1.95. The Morgan fingerprint density at radius 1 is 1.38 bits per heavy atom. The van der Waals surface area contributed by atoms with E-state index in [0.29, 0.717) is 29.7 Å². The Morgan fingerprint density at radius 3 is 2.69 bits per heavy atom. The molecule has 1 aromatic carbocycles. The molecule has 7 heteroatoms. The molecule has 1 saturated heterocycles. The fourth-order valence-electron chi connectivity index (χ4n) is 3.08. The van der Waals surface area contributed by atoms with E-state index in [1.807, 2.05) is 31.2 Å². The summed E-state index contributed by atoms with van der Waals surface area (Å²) in [6, 6.07) is 7.47. The average Bonchev–Trinajstić information content (AvgIpc) is 2.65. The Kier molecular flexibility index (Phi) is 8.04. The Labute approximate surface area is 161 Å². The zero-order chi connectivity index (χ0) is 18.9. The van der Waals surface area contributed by atoms with E-state index in [1.165, 1.54) is 0 Å². The van der Waals surface area contributed by atoms with Crippen LogP contribution in [0.3, 0.4) is 0 Å². The van der Waals surface area contributed by atoms with E-state index in [9.17, 15) is 4.79 Å². The van der Waals surface area contributed by atoms with Gasteiger partial charge in [0.2, 0.25) is 5.91 Å². The number of benzene rings is 1. The number of amides is 1. The summed E-state index contributed by atoms with van der Waals surface area (Å²) in [5.41, 5.74) is 0. The van der Waals surface area contributed by atoms with Gasteiger partial charge in [-0.05, 0) is 37.8 Å². The van der Waals surface area contributed by atoms with E-state index < -0.39 is 0 Å². The van der Waals surface area contributed by atoms with Gasteiger partial charge in [0.05, 0.1) is 11.6 Å². The SMILES string of the molecule is CN=C(NCC(C)Oc1ccccc1Cl)N1CCC(CC(=O)NC)CC1. The standard InChI is InChI=1S/C19H29ClN4O2/c1-14(26-17-7-5-4-6-16(17)20)13-23-19(22-3)24-10-8-15(9-11-24)12-18(25)21-2/h4-7,14-15H,8-13H2,1-3H3,(H,21,25)(H,22,23). The minimum Gasteiger partial charge on any atom is -0.487 e. The van der Waals surface area contributed by atoms with Crippen LogP contribution in [0.4, 0.5) is 0 Å². The monoisotopic (exact) mass is 380 g/mol. The zero-order valence-corrected chi connectivity index (χ0v) is 16.6. The summed E-state index contributed by atoms with van der Waals surface area (Å²) >= 11 is 6.13. The molecule has 1 heterocycles. The second kappa shape index (κ2) is 10.3. The van der Waals surface area contributed by atoms with Crippen LogP contribution < -0.4 is 15.4 Å². The highest BCUT2D eigenvalue weighted by molar-refractivity contribution is 6.32. The first kappa shape index (κ1) is 20.4. The van der Waals surface area contributed by atoms with Gasteiger partial charge < -0.3 is 20.3 Å². The van der Waals surface area contributed by atoms with Crippen LogP contribution in [0.15, 0.2) is 29.3 Å². The lowest BCUT2D eigenvalue weighted by Crippen LogP contribution is -2.48. The van der Waals surface area contributed by atoms with Gasteiger partial charge in [-0.25, -0.2) is 0 Å². The van der Waals surface area contributed by atoms with Crippen molar-refractivity contribution in [3.05, 3.63) is 29.3 Å². The van der Waals surface area contributed by atoms with E-state index in [4.69, 9.17) is 16.3 Å². The molecule has 0 aromatic heterocycles. The van der Waals surface area contributed by atoms with Crippen molar-refractivity contribution in [2.45, 2.75) is 32.3 Å². The molecular formula is C19H29ClN4O2. The van der Waals surface area contributed by atoms with Crippen LogP contribution in [0.1, 0.15) is 26.2 Å². The second-order valence-electron chi connectivity index (χ2n) is 6.59. The zero-order valence-electron chi connectivity index (χ0n) is 15.8. The van der Waals surface area contributed by atoms with Gasteiger partial charge in [0, 0.05) is 33.6 Å². The first-order valence-corrected chi connectivity index (χ1v) is 9.48. The van der Waals surface area contributed by atoms with E-state index in [-0.39, 0.29) is 12.0 Å². The van der Waals surface area contributed by atoms with E-state index in [1.54, 1.807) is 14.1 Å². The van der Waals surface area contributed by atoms with Gasteiger partial charge in [0.25, 0.3) is 0 Å². The molecule has 6 nitrogen and oxygen atoms in total. The molecule has 1 aromatic rings. The topological polar surface area (TPSA) is 66.0 Å². The Bertz CT molecular complexity index is 615. The molecule has 1 unspecified atom stereocenters. The molecule has 0 radical (unpaired) electrons. The van der Waals surface area contributed by atoms with Crippen molar-refractivity contribution in [2.75, 3.05) is 33.7 Å². The number of aliphatic imine (C=N–C) groups is 1. The Morgan fingerprint density at radius 2 is 2.08 bits per heavy atom. The number of para-hydroxylation sites is 1. The van der Waals surface area contributed by atoms with Crippen LogP contribution in [-0.4, -0.2) is 56.6 Å². The predicted molar refractivity (Wildman–Crippen MR) is 106 cm³/mol. The molecule has 0 spiro atoms. The molecule has 2 N–H and O–H groups in total. The maximum Gasteiger partial charge on any atom is 0.220 e. The summed E-state index contributed by atoms with van der Waals surface area (Å²) in [6.45, 7) is 4.44. The summed E-state index contributed by atoms with van der Waals surface area (Å²) in [5, 5.41) is 6.69. The van der Waals surface area contributed by atoms with Crippen LogP contribution in [0, 0.1) is 5.92 Å². The quantitative estimate of drug-likeness (QED) is 0.588. The molecule has 1 fully saturated rings. The van der Waals surface area contributed by atoms with Crippen molar-refractivity contribution in [2.24, 2.45) is 10.9 Å². The number of nitrogens with zero attached hydrogens (tertiary/aromatic N) is 2. The van der Waals surface area contributed by atoms with E-state index >= 15 is 0 Å². The highest BCUT2D eigenvalue weighted by Crippen LogP contribution is 2.24. The normalized spacial score (nSPS) is 16.9. The van der Waals surface area contributed by atoms with Crippen LogP contribution in [0.2, 0.25) is 5.02 Å². The largest absolute Gasteiger partial charge is 0.487 e. The summed E-state index contributed by atoms with van der Waals surface area (Å²) in [5.74, 6) is 2.13. The van der Waals surface area contributed by atoms with Gasteiger partial charge in [-0.3, -0.25) is 9.79 Å². The number of hydrogen-bond acceptors (Lipinski definition) is 3. The van der Waals surface area contributed by atoms with Gasteiger partial charge in [-0.1, -0.05) is 23.7 Å². The molecule has 1 aliphatic rings. The summed E-state index contributed by atoms with van der Waals surface area (Å²) in [6.07, 6.45) is 2.57. The van der Waals surface area contributed by atoms with Crippen LogP contribution in [-0.2, 0) is 4.79 Å². The fourth-order valence-corrected chi connectivity index (χ4v) is 3.26. The van der Waals surface area contributed by atoms with Crippen molar-refractivity contribution in [1.82, 2.24) is 15.5 Å². The average molecular weight is 381 g/mol. The predicted octanol–water partition coefficient (Wildman–Crippen LogP) is 2.53. The highest BCUT2D eigenvalue weighted by atomic mass is 35.5. The lowest BCUT2D eigenvalue weighted by molar-refractivity contribution is -0.121. The number of nitrogens with one attached hydrogen (secondary N) is 2. The van der Waals surface area contributed by atoms with Crippen LogP contribution in [0.25, 0.3) is 0 Å². The van der Waals surface area contributed by atoms with Crippen molar-refractivity contribution in [3.63, 3.8) is 0 Å². The number of likely N-dealkylation sites (tertiary alicyclic amines) is 1. The fraction of sp³-hybridized carbons (Fsp3) is 0.579. The van der Waals surface area contributed by atoms with Gasteiger partial charge >= 0.3 is 0 Å². The highest BCUT2D eigenvalue weighted by Gasteiger charge is 2.23. The molecule has 0 aliphatic carbocycles. The van der Waals surface area contributed by atoms with E-state index in [0.717, 1.165) is 31.9 Å².